The number of rotatable bonds is 6. The van der Waals surface area contributed by atoms with Crippen molar-refractivity contribution in [3.63, 3.8) is 0 Å². The number of hydrogen-bond donors (Lipinski definition) is 1. The quantitative estimate of drug-likeness (QED) is 0.686. The Bertz CT molecular complexity index is 756. The summed E-state index contributed by atoms with van der Waals surface area (Å²) in [5, 5.41) is 7.10. The number of esters is 1. The molecule has 0 aromatic carbocycles. The zero-order valence-corrected chi connectivity index (χ0v) is 18.2. The topological polar surface area (TPSA) is 96.8 Å². The smallest absolute Gasteiger partial charge is 0.310 e. The van der Waals surface area contributed by atoms with Crippen LogP contribution >= 0.6 is 0 Å². The molecule has 0 spiro atoms. The molecule has 2 atom stereocenters. The third-order valence-corrected chi connectivity index (χ3v) is 6.09. The molecule has 0 radical (unpaired) electrons. The molecule has 0 unspecified atom stereocenters. The van der Waals surface area contributed by atoms with E-state index in [1.807, 2.05) is 11.8 Å². The van der Waals surface area contributed by atoms with Crippen LogP contribution in [0, 0.1) is 5.92 Å². The van der Waals surface area contributed by atoms with Gasteiger partial charge < -0.3 is 15.0 Å². The summed E-state index contributed by atoms with van der Waals surface area (Å²) in [5.41, 5.74) is 0.560. The van der Waals surface area contributed by atoms with Crippen LogP contribution in [0.1, 0.15) is 49.9 Å². The first-order chi connectivity index (χ1) is 14.4. The number of nitrogens with zero attached hydrogens (tertiary/aromatic N) is 4. The van der Waals surface area contributed by atoms with Gasteiger partial charge in [-0.25, -0.2) is 0 Å². The van der Waals surface area contributed by atoms with E-state index in [0.717, 1.165) is 38.8 Å². The van der Waals surface area contributed by atoms with Gasteiger partial charge in [0.1, 0.15) is 0 Å². The molecule has 30 heavy (non-hydrogen) atoms. The second kappa shape index (κ2) is 10.1. The van der Waals surface area contributed by atoms with E-state index in [-0.39, 0.29) is 35.8 Å². The molecule has 2 aliphatic rings. The molecule has 0 aliphatic carbocycles. The number of nitrogens with one attached hydrogen (secondary N) is 1. The first-order valence-electron chi connectivity index (χ1n) is 10.9. The highest BCUT2D eigenvalue weighted by Crippen LogP contribution is 2.21. The Kier molecular flexibility index (Phi) is 7.47. The highest BCUT2D eigenvalue weighted by atomic mass is 16.5. The summed E-state index contributed by atoms with van der Waals surface area (Å²) < 4.78 is 6.74. The van der Waals surface area contributed by atoms with Gasteiger partial charge in [-0.15, -0.1) is 0 Å². The molecule has 1 aromatic heterocycles. The van der Waals surface area contributed by atoms with Crippen molar-refractivity contribution in [2.24, 2.45) is 13.0 Å². The van der Waals surface area contributed by atoms with Crippen molar-refractivity contribution in [2.75, 3.05) is 32.8 Å². The minimum absolute atomic E-state index is 0.0712. The van der Waals surface area contributed by atoms with Crippen LogP contribution in [-0.4, -0.2) is 82.2 Å². The van der Waals surface area contributed by atoms with Gasteiger partial charge in [0.05, 0.1) is 30.3 Å². The number of carbonyl (C=O) groups excluding carboxylic acids is 3. The molecular weight excluding hydrogens is 386 g/mol. The molecule has 2 amide bonds. The number of ether oxygens (including phenoxy) is 1. The maximum absolute atomic E-state index is 13.0. The van der Waals surface area contributed by atoms with Gasteiger partial charge in [0.2, 0.25) is 5.91 Å². The average Bonchev–Trinajstić information content (AvgIpc) is 3.20. The van der Waals surface area contributed by atoms with Gasteiger partial charge in [-0.1, -0.05) is 0 Å². The molecule has 9 heteroatoms. The molecule has 2 saturated heterocycles. The number of carbonyl (C=O) groups is 3. The Morgan fingerprint density at radius 1 is 1.23 bits per heavy atom. The maximum atomic E-state index is 13.0. The molecule has 3 heterocycles. The lowest BCUT2D eigenvalue weighted by molar-refractivity contribution is -0.152. The second-order valence-electron chi connectivity index (χ2n) is 8.24. The molecule has 2 aliphatic heterocycles. The fourth-order valence-corrected chi connectivity index (χ4v) is 4.29. The molecule has 1 aromatic rings. The van der Waals surface area contributed by atoms with Crippen molar-refractivity contribution in [3.05, 3.63) is 18.0 Å². The van der Waals surface area contributed by atoms with Crippen LogP contribution in [0.5, 0.6) is 0 Å². The number of hydrogen-bond acceptors (Lipinski definition) is 6. The molecule has 9 nitrogen and oxygen atoms in total. The van der Waals surface area contributed by atoms with E-state index in [0.29, 0.717) is 25.3 Å². The zero-order valence-electron chi connectivity index (χ0n) is 18.2. The lowest BCUT2D eigenvalue weighted by atomic mass is 9.97. The van der Waals surface area contributed by atoms with E-state index < -0.39 is 0 Å². The third kappa shape index (κ3) is 5.38. The van der Waals surface area contributed by atoms with Gasteiger partial charge in [-0.3, -0.25) is 24.0 Å². The third-order valence-electron chi connectivity index (χ3n) is 6.09. The molecule has 1 N–H and O–H groups in total. The molecule has 2 fully saturated rings. The summed E-state index contributed by atoms with van der Waals surface area (Å²) in [7, 11) is 1.78. The number of aryl methyl sites for hydroxylation is 1. The maximum Gasteiger partial charge on any atom is 0.310 e. The van der Waals surface area contributed by atoms with E-state index in [9.17, 15) is 14.4 Å². The van der Waals surface area contributed by atoms with Crippen LogP contribution in [0.4, 0.5) is 0 Å². The Morgan fingerprint density at radius 3 is 2.60 bits per heavy atom. The van der Waals surface area contributed by atoms with E-state index in [1.54, 1.807) is 31.0 Å². The zero-order chi connectivity index (χ0) is 21.7. The number of amides is 2. The summed E-state index contributed by atoms with van der Waals surface area (Å²) >= 11 is 0. The van der Waals surface area contributed by atoms with Crippen LogP contribution in [0.25, 0.3) is 0 Å². The molecule has 166 valence electrons. The van der Waals surface area contributed by atoms with Gasteiger partial charge >= 0.3 is 5.97 Å². The van der Waals surface area contributed by atoms with Gasteiger partial charge in [0.15, 0.2) is 0 Å². The van der Waals surface area contributed by atoms with Crippen LogP contribution < -0.4 is 5.32 Å². The first-order valence-corrected chi connectivity index (χ1v) is 10.9. The van der Waals surface area contributed by atoms with E-state index in [2.05, 4.69) is 15.3 Å². The van der Waals surface area contributed by atoms with Crippen LogP contribution in [0.2, 0.25) is 0 Å². The fraction of sp³-hybridized carbons (Fsp3) is 0.714. The first kappa shape index (κ1) is 22.3. The molecular formula is C21H33N5O4. The van der Waals surface area contributed by atoms with Crippen LogP contribution in [0.15, 0.2) is 12.4 Å². The largest absolute Gasteiger partial charge is 0.466 e. The van der Waals surface area contributed by atoms with Crippen molar-refractivity contribution < 1.29 is 19.1 Å². The fourth-order valence-electron chi connectivity index (χ4n) is 4.29. The van der Waals surface area contributed by atoms with E-state index in [4.69, 9.17) is 4.74 Å². The Balaban J connectivity index is 1.47. The summed E-state index contributed by atoms with van der Waals surface area (Å²) in [5.74, 6) is -0.457. The van der Waals surface area contributed by atoms with Gasteiger partial charge in [-0.2, -0.15) is 5.10 Å². The highest BCUT2D eigenvalue weighted by Gasteiger charge is 2.34. The Hall–Kier alpha value is -2.42. The Labute approximate surface area is 177 Å². The number of likely N-dealkylation sites (tertiary alicyclic amines) is 2. The van der Waals surface area contributed by atoms with E-state index in [1.165, 1.54) is 0 Å². The van der Waals surface area contributed by atoms with Crippen molar-refractivity contribution in [1.29, 1.82) is 0 Å². The number of piperidine rings is 2. The predicted molar refractivity (Wildman–Crippen MR) is 111 cm³/mol. The van der Waals surface area contributed by atoms with Crippen molar-refractivity contribution in [3.8, 4) is 0 Å². The van der Waals surface area contributed by atoms with Crippen LogP contribution in [-0.2, 0) is 21.4 Å². The standard InChI is InChI=1S/C21H33N5O4/c1-4-30-21(29)16-6-5-9-26(14-16)20(28)15(2)25-10-7-18(8-11-25)23-19(27)17-12-22-24(3)13-17/h12-13,15-16,18H,4-11,14H2,1-3H3,(H,23,27)/t15-,16+/m0/s1. The lowest BCUT2D eigenvalue weighted by Gasteiger charge is -2.39. The monoisotopic (exact) mass is 419 g/mol. The minimum Gasteiger partial charge on any atom is -0.466 e. The van der Waals surface area contributed by atoms with Crippen molar-refractivity contribution >= 4 is 17.8 Å². The molecule has 0 bridgehead atoms. The van der Waals surface area contributed by atoms with Crippen molar-refractivity contribution in [1.82, 2.24) is 24.9 Å². The van der Waals surface area contributed by atoms with Gasteiger partial charge in [-0.05, 0) is 39.5 Å². The minimum atomic E-state index is -0.235. The van der Waals surface area contributed by atoms with E-state index >= 15 is 0 Å². The predicted octanol–water partition coefficient (Wildman–Crippen LogP) is 0.805. The average molecular weight is 420 g/mol. The SMILES string of the molecule is CCOC(=O)[C@@H]1CCCN(C(=O)[C@H](C)N2CCC(NC(=O)c3cnn(C)c3)CC2)C1. The summed E-state index contributed by atoms with van der Waals surface area (Å²) in [4.78, 5) is 41.4. The highest BCUT2D eigenvalue weighted by molar-refractivity contribution is 5.93. The van der Waals surface area contributed by atoms with Gasteiger partial charge in [0.25, 0.3) is 5.91 Å². The van der Waals surface area contributed by atoms with Crippen LogP contribution in [0.3, 0.4) is 0 Å². The van der Waals surface area contributed by atoms with Gasteiger partial charge in [0, 0.05) is 45.5 Å². The van der Waals surface area contributed by atoms with Crippen molar-refractivity contribution in [2.45, 2.75) is 51.6 Å². The number of aromatic nitrogens is 2. The lowest BCUT2D eigenvalue weighted by Crippen LogP contribution is -2.54. The summed E-state index contributed by atoms with van der Waals surface area (Å²) in [6.45, 7) is 6.74. The molecule has 0 saturated carbocycles. The normalized spacial score (nSPS) is 21.8. The molecule has 3 rings (SSSR count). The Morgan fingerprint density at radius 2 is 1.97 bits per heavy atom. The second-order valence-corrected chi connectivity index (χ2v) is 8.24. The summed E-state index contributed by atoms with van der Waals surface area (Å²) in [6.07, 6.45) is 6.47. The summed E-state index contributed by atoms with van der Waals surface area (Å²) in [6, 6.07) is -0.139.